The van der Waals surface area contributed by atoms with Crippen LogP contribution in [0.15, 0.2) is 58.0 Å². The van der Waals surface area contributed by atoms with Crippen LogP contribution >= 0.6 is 15.9 Å². The van der Waals surface area contributed by atoms with E-state index in [0.717, 1.165) is 23.0 Å². The molecule has 132 valence electrons. The lowest BCUT2D eigenvalue weighted by Gasteiger charge is -2.07. The van der Waals surface area contributed by atoms with Crippen LogP contribution in [0.3, 0.4) is 0 Å². The Balaban J connectivity index is 1.72. The Kier molecular flexibility index (Phi) is 7.47. The number of hydrogen-bond acceptors (Lipinski definition) is 2. The molecule has 0 atom stereocenters. The van der Waals surface area contributed by atoms with E-state index in [0.29, 0.717) is 24.6 Å². The lowest BCUT2D eigenvalue weighted by molar-refractivity contribution is 0.0953. The van der Waals surface area contributed by atoms with E-state index >= 15 is 0 Å². The fourth-order valence-corrected chi connectivity index (χ4v) is 2.67. The minimum atomic E-state index is -0.0900. The standard InChI is InChI=1S/C19H23BrN4O/c1-2-14-6-3-9-17(12-14)24-19(21)23-11-5-10-22-18(25)15-7-4-8-16(20)13-15/h3-4,6-9,12-13H,2,5,10-11H2,1H3,(H,22,25)(H3,21,23,24). The summed E-state index contributed by atoms with van der Waals surface area (Å²) in [5.41, 5.74) is 8.70. The van der Waals surface area contributed by atoms with E-state index in [1.54, 1.807) is 12.1 Å². The average Bonchev–Trinajstić information content (AvgIpc) is 2.61. The van der Waals surface area contributed by atoms with E-state index in [2.05, 4.69) is 50.6 Å². The molecular weight excluding hydrogens is 380 g/mol. The van der Waals surface area contributed by atoms with Gasteiger partial charge in [-0.3, -0.25) is 9.79 Å². The van der Waals surface area contributed by atoms with Crippen LogP contribution in [0.2, 0.25) is 0 Å². The molecule has 0 spiro atoms. The van der Waals surface area contributed by atoms with Gasteiger partial charge in [-0.05, 0) is 48.7 Å². The highest BCUT2D eigenvalue weighted by Gasteiger charge is 2.04. The van der Waals surface area contributed by atoms with Crippen molar-refractivity contribution in [3.8, 4) is 0 Å². The van der Waals surface area contributed by atoms with Crippen molar-refractivity contribution in [2.45, 2.75) is 19.8 Å². The molecule has 0 heterocycles. The summed E-state index contributed by atoms with van der Waals surface area (Å²) in [6.45, 7) is 3.21. The number of anilines is 1. The van der Waals surface area contributed by atoms with Crippen LogP contribution in [0.5, 0.6) is 0 Å². The number of nitrogens with zero attached hydrogens (tertiary/aromatic N) is 1. The number of carbonyl (C=O) groups excluding carboxylic acids is 1. The average molecular weight is 403 g/mol. The van der Waals surface area contributed by atoms with Gasteiger partial charge in [-0.15, -0.1) is 0 Å². The summed E-state index contributed by atoms with van der Waals surface area (Å²) in [6.07, 6.45) is 1.70. The third-order valence-corrected chi connectivity index (χ3v) is 4.09. The first-order valence-electron chi connectivity index (χ1n) is 8.28. The fraction of sp³-hybridized carbons (Fsp3) is 0.263. The van der Waals surface area contributed by atoms with Crippen LogP contribution in [-0.4, -0.2) is 25.0 Å². The molecule has 2 rings (SSSR count). The van der Waals surface area contributed by atoms with Gasteiger partial charge in [-0.25, -0.2) is 0 Å². The third kappa shape index (κ3) is 6.58. The van der Waals surface area contributed by atoms with Crippen LogP contribution in [0.25, 0.3) is 0 Å². The number of nitrogens with two attached hydrogens (primary N) is 1. The Morgan fingerprint density at radius 3 is 2.76 bits per heavy atom. The molecule has 0 saturated heterocycles. The lowest BCUT2D eigenvalue weighted by Crippen LogP contribution is -2.26. The summed E-state index contributed by atoms with van der Waals surface area (Å²) in [4.78, 5) is 16.3. The van der Waals surface area contributed by atoms with Crippen LogP contribution in [0.1, 0.15) is 29.3 Å². The van der Waals surface area contributed by atoms with E-state index in [4.69, 9.17) is 5.73 Å². The van der Waals surface area contributed by atoms with E-state index in [-0.39, 0.29) is 5.91 Å². The Labute approximate surface area is 156 Å². The number of carbonyl (C=O) groups is 1. The number of hydrogen-bond donors (Lipinski definition) is 3. The predicted octanol–water partition coefficient (Wildman–Crippen LogP) is 3.56. The van der Waals surface area contributed by atoms with Crippen LogP contribution < -0.4 is 16.4 Å². The van der Waals surface area contributed by atoms with Gasteiger partial charge in [-0.1, -0.05) is 41.1 Å². The van der Waals surface area contributed by atoms with Gasteiger partial charge in [0.05, 0.1) is 0 Å². The van der Waals surface area contributed by atoms with Gasteiger partial charge >= 0.3 is 0 Å². The second-order valence-corrected chi connectivity index (χ2v) is 6.48. The van der Waals surface area contributed by atoms with Crippen LogP contribution in [0.4, 0.5) is 5.69 Å². The van der Waals surface area contributed by atoms with Gasteiger partial charge in [-0.2, -0.15) is 0 Å². The Morgan fingerprint density at radius 1 is 1.20 bits per heavy atom. The minimum Gasteiger partial charge on any atom is -0.370 e. The molecule has 0 bridgehead atoms. The van der Waals surface area contributed by atoms with Crippen molar-refractivity contribution < 1.29 is 4.79 Å². The largest absolute Gasteiger partial charge is 0.370 e. The lowest BCUT2D eigenvalue weighted by atomic mass is 10.1. The van der Waals surface area contributed by atoms with Gasteiger partial charge in [0.1, 0.15) is 0 Å². The molecule has 2 aromatic rings. The second-order valence-electron chi connectivity index (χ2n) is 5.57. The molecule has 5 nitrogen and oxygen atoms in total. The molecule has 4 N–H and O–H groups in total. The van der Waals surface area contributed by atoms with Gasteiger partial charge in [0.2, 0.25) is 0 Å². The van der Waals surface area contributed by atoms with Gasteiger partial charge in [0, 0.05) is 28.8 Å². The fourth-order valence-electron chi connectivity index (χ4n) is 2.27. The van der Waals surface area contributed by atoms with Crippen molar-refractivity contribution >= 4 is 33.5 Å². The minimum absolute atomic E-state index is 0.0900. The Hall–Kier alpha value is -2.34. The first kappa shape index (κ1) is 19.0. The zero-order valence-electron chi connectivity index (χ0n) is 14.3. The van der Waals surface area contributed by atoms with E-state index in [1.165, 1.54) is 5.56 Å². The number of amides is 1. The number of guanidine groups is 1. The molecule has 0 radical (unpaired) electrons. The highest BCUT2D eigenvalue weighted by Crippen LogP contribution is 2.12. The maximum absolute atomic E-state index is 12.0. The van der Waals surface area contributed by atoms with Crippen molar-refractivity contribution in [1.29, 1.82) is 0 Å². The number of halogens is 1. The monoisotopic (exact) mass is 402 g/mol. The summed E-state index contributed by atoms with van der Waals surface area (Å²) < 4.78 is 0.885. The normalized spacial score (nSPS) is 11.2. The van der Waals surface area contributed by atoms with Crippen LogP contribution in [-0.2, 0) is 6.42 Å². The number of rotatable bonds is 7. The third-order valence-electron chi connectivity index (χ3n) is 3.60. The molecule has 6 heteroatoms. The summed E-state index contributed by atoms with van der Waals surface area (Å²) in [5.74, 6) is 0.291. The smallest absolute Gasteiger partial charge is 0.251 e. The van der Waals surface area contributed by atoms with Crippen molar-refractivity contribution in [3.63, 3.8) is 0 Å². The molecule has 25 heavy (non-hydrogen) atoms. The Bertz CT molecular complexity index is 746. The van der Waals surface area contributed by atoms with E-state index in [1.807, 2.05) is 24.3 Å². The quantitative estimate of drug-likeness (QED) is 0.376. The second kappa shape index (κ2) is 9.84. The summed E-state index contributed by atoms with van der Waals surface area (Å²) >= 11 is 3.36. The topological polar surface area (TPSA) is 79.5 Å². The summed E-state index contributed by atoms with van der Waals surface area (Å²) in [6, 6.07) is 15.4. The van der Waals surface area contributed by atoms with E-state index in [9.17, 15) is 4.79 Å². The SMILES string of the molecule is CCc1cccc(NC(N)=NCCCNC(=O)c2cccc(Br)c2)c1. The first-order chi connectivity index (χ1) is 12.1. The maximum atomic E-state index is 12.0. The summed E-state index contributed by atoms with van der Waals surface area (Å²) in [7, 11) is 0. The predicted molar refractivity (Wildman–Crippen MR) is 107 cm³/mol. The number of nitrogens with one attached hydrogen (secondary N) is 2. The molecule has 0 aliphatic rings. The molecule has 2 aromatic carbocycles. The van der Waals surface area contributed by atoms with Crippen molar-refractivity contribution in [2.24, 2.45) is 10.7 Å². The maximum Gasteiger partial charge on any atom is 0.251 e. The first-order valence-corrected chi connectivity index (χ1v) is 9.07. The Morgan fingerprint density at radius 2 is 2.00 bits per heavy atom. The zero-order chi connectivity index (χ0) is 18.1. The van der Waals surface area contributed by atoms with Gasteiger partial charge < -0.3 is 16.4 Å². The number of aryl methyl sites for hydroxylation is 1. The molecule has 1 amide bonds. The number of aliphatic imine (C=N–C) groups is 1. The highest BCUT2D eigenvalue weighted by atomic mass is 79.9. The number of benzene rings is 2. The van der Waals surface area contributed by atoms with E-state index < -0.39 is 0 Å². The van der Waals surface area contributed by atoms with Crippen molar-refractivity contribution in [1.82, 2.24) is 5.32 Å². The highest BCUT2D eigenvalue weighted by molar-refractivity contribution is 9.10. The molecule has 0 aliphatic carbocycles. The van der Waals surface area contributed by atoms with Crippen molar-refractivity contribution in [2.75, 3.05) is 18.4 Å². The van der Waals surface area contributed by atoms with Gasteiger partial charge in [0.15, 0.2) is 5.96 Å². The van der Waals surface area contributed by atoms with Gasteiger partial charge in [0.25, 0.3) is 5.91 Å². The van der Waals surface area contributed by atoms with Crippen LogP contribution in [0, 0.1) is 0 Å². The molecule has 0 aromatic heterocycles. The molecule has 0 fully saturated rings. The molecule has 0 saturated carbocycles. The summed E-state index contributed by atoms with van der Waals surface area (Å²) in [5, 5.41) is 5.96. The molecular formula is C19H23BrN4O. The van der Waals surface area contributed by atoms with Crippen molar-refractivity contribution in [3.05, 3.63) is 64.1 Å². The molecule has 0 unspecified atom stereocenters. The molecule has 0 aliphatic heterocycles. The zero-order valence-corrected chi connectivity index (χ0v) is 15.8.